The molecule has 0 atom stereocenters. The molecule has 2 aliphatic heterocycles. The van der Waals surface area contributed by atoms with E-state index < -0.39 is 0 Å². The molecule has 2 aliphatic rings. The Balaban J connectivity index is 1.00. The lowest BCUT2D eigenvalue weighted by Gasteiger charge is -2.32. The highest BCUT2D eigenvalue weighted by atomic mass is 16.5. The average molecular weight is 587 g/mol. The molecule has 0 spiro atoms. The van der Waals surface area contributed by atoms with Crippen LogP contribution in [0.2, 0.25) is 0 Å². The summed E-state index contributed by atoms with van der Waals surface area (Å²) >= 11 is 0. The molecule has 0 unspecified atom stereocenters. The van der Waals surface area contributed by atoms with Crippen LogP contribution in [0.4, 0.5) is 22.0 Å². The van der Waals surface area contributed by atoms with E-state index in [9.17, 15) is 4.79 Å². The molecule has 3 N–H and O–H groups in total. The number of hydrogen-bond acceptors (Lipinski definition) is 7. The molecule has 7 rings (SSSR count). The van der Waals surface area contributed by atoms with E-state index in [1.165, 1.54) is 5.56 Å². The molecule has 2 amide bonds. The Morgan fingerprint density at radius 3 is 2.59 bits per heavy atom. The number of ether oxygens (including phenoxy) is 1. The number of urea groups is 1. The van der Waals surface area contributed by atoms with Crippen molar-refractivity contribution in [1.29, 1.82) is 0 Å². The molecule has 1 fully saturated rings. The van der Waals surface area contributed by atoms with E-state index in [0.717, 1.165) is 78.0 Å². The fourth-order valence-electron chi connectivity index (χ4n) is 5.98. The predicted molar refractivity (Wildman–Crippen MR) is 171 cm³/mol. The number of likely N-dealkylation sites (tertiary alicyclic amines) is 1. The molecule has 44 heavy (non-hydrogen) atoms. The summed E-state index contributed by atoms with van der Waals surface area (Å²) in [5.41, 5.74) is 6.79. The SMILES string of the molecule is COc1ccc(C)cc1NC(=O)NC1CCN(Cc2ccc(-c3nnc4n3-c3cccnc3Nc3ccccc3-4)cc2)CC1. The van der Waals surface area contributed by atoms with E-state index in [4.69, 9.17) is 4.74 Å². The number of benzene rings is 3. The number of aryl methyl sites for hydroxylation is 1. The van der Waals surface area contributed by atoms with Gasteiger partial charge in [-0.15, -0.1) is 10.2 Å². The highest BCUT2D eigenvalue weighted by molar-refractivity contribution is 5.91. The first-order valence-electron chi connectivity index (χ1n) is 14.9. The van der Waals surface area contributed by atoms with Crippen LogP contribution in [0.1, 0.15) is 24.0 Å². The lowest BCUT2D eigenvalue weighted by Crippen LogP contribution is -2.45. The van der Waals surface area contributed by atoms with Gasteiger partial charge in [0.15, 0.2) is 17.5 Å². The number of nitrogens with one attached hydrogen (secondary N) is 3. The molecule has 0 radical (unpaired) electrons. The van der Waals surface area contributed by atoms with Gasteiger partial charge < -0.3 is 20.7 Å². The molecule has 4 heterocycles. The largest absolute Gasteiger partial charge is 0.495 e. The second-order valence-electron chi connectivity index (χ2n) is 11.3. The molecule has 5 aromatic rings. The van der Waals surface area contributed by atoms with Crippen LogP contribution >= 0.6 is 0 Å². The maximum Gasteiger partial charge on any atom is 0.319 e. The van der Waals surface area contributed by atoms with E-state index in [1.54, 1.807) is 13.3 Å². The second kappa shape index (κ2) is 11.8. The smallest absolute Gasteiger partial charge is 0.319 e. The quantitative estimate of drug-likeness (QED) is 0.215. The monoisotopic (exact) mass is 586 g/mol. The summed E-state index contributed by atoms with van der Waals surface area (Å²) in [4.78, 5) is 19.7. The zero-order valence-corrected chi connectivity index (χ0v) is 24.7. The summed E-state index contributed by atoms with van der Waals surface area (Å²) in [6.45, 7) is 4.66. The molecule has 2 aromatic heterocycles. The molecule has 10 heteroatoms. The van der Waals surface area contributed by atoms with Gasteiger partial charge in [0.05, 0.1) is 24.2 Å². The van der Waals surface area contributed by atoms with Gasteiger partial charge in [0.1, 0.15) is 5.75 Å². The number of amides is 2. The molecule has 0 aliphatic carbocycles. The fourth-order valence-corrected chi connectivity index (χ4v) is 5.98. The van der Waals surface area contributed by atoms with Crippen molar-refractivity contribution in [3.8, 4) is 34.2 Å². The third-order valence-electron chi connectivity index (χ3n) is 8.26. The minimum Gasteiger partial charge on any atom is -0.495 e. The van der Waals surface area contributed by atoms with Crippen LogP contribution < -0.4 is 20.7 Å². The molecule has 0 saturated carbocycles. The summed E-state index contributed by atoms with van der Waals surface area (Å²) in [6, 6.07) is 26.3. The zero-order valence-electron chi connectivity index (χ0n) is 24.7. The normalized spacial score (nSPS) is 14.4. The van der Waals surface area contributed by atoms with Crippen molar-refractivity contribution in [3.63, 3.8) is 0 Å². The van der Waals surface area contributed by atoms with Gasteiger partial charge in [0.2, 0.25) is 0 Å². The van der Waals surface area contributed by atoms with Gasteiger partial charge in [-0.2, -0.15) is 0 Å². The summed E-state index contributed by atoms with van der Waals surface area (Å²) in [7, 11) is 1.60. The van der Waals surface area contributed by atoms with Crippen molar-refractivity contribution in [2.45, 2.75) is 32.4 Å². The molecule has 222 valence electrons. The predicted octanol–water partition coefficient (Wildman–Crippen LogP) is 6.16. The standard InChI is InChI=1S/C34H34N8O2/c1-22-9-14-30(44-2)28(20-22)38-34(43)36-25-15-18-41(19-16-25)21-23-10-12-24(13-11-23)32-39-40-33-26-6-3-4-7-27(26)37-31-29(42(32)33)8-5-17-35-31/h3-14,17,20,25H,15-16,18-19,21H2,1-2H3,(H,35,37)(H2,36,38,43). The summed E-state index contributed by atoms with van der Waals surface area (Å²) in [5, 5.41) is 18.8. The lowest BCUT2D eigenvalue weighted by molar-refractivity contribution is 0.190. The Hall–Kier alpha value is -5.22. The molecule has 1 saturated heterocycles. The number of carbonyl (C=O) groups is 1. The van der Waals surface area contributed by atoms with Crippen LogP contribution in [0.15, 0.2) is 85.1 Å². The van der Waals surface area contributed by atoms with Crippen molar-refractivity contribution in [3.05, 3.63) is 96.2 Å². The topological polar surface area (TPSA) is 109 Å². The van der Waals surface area contributed by atoms with E-state index >= 15 is 0 Å². The average Bonchev–Trinajstić information content (AvgIpc) is 3.42. The first-order valence-corrected chi connectivity index (χ1v) is 14.9. The van der Waals surface area contributed by atoms with Crippen molar-refractivity contribution < 1.29 is 9.53 Å². The maximum absolute atomic E-state index is 12.7. The van der Waals surface area contributed by atoms with E-state index in [1.807, 2.05) is 61.5 Å². The Labute approximate surface area is 256 Å². The number of methoxy groups -OCH3 is 1. The van der Waals surface area contributed by atoms with Crippen LogP contribution in [0.25, 0.3) is 28.5 Å². The van der Waals surface area contributed by atoms with Gasteiger partial charge in [0.25, 0.3) is 0 Å². The number of carbonyl (C=O) groups excluding carboxylic acids is 1. The molecular formula is C34H34N8O2. The minimum absolute atomic E-state index is 0.129. The summed E-state index contributed by atoms with van der Waals surface area (Å²) in [5.74, 6) is 2.96. The maximum atomic E-state index is 12.7. The minimum atomic E-state index is -0.202. The summed E-state index contributed by atoms with van der Waals surface area (Å²) < 4.78 is 7.47. The number of hydrogen-bond donors (Lipinski definition) is 3. The first kappa shape index (κ1) is 27.6. The van der Waals surface area contributed by atoms with E-state index in [2.05, 4.69) is 64.9 Å². The lowest BCUT2D eigenvalue weighted by atomic mass is 10.0. The van der Waals surface area contributed by atoms with Crippen molar-refractivity contribution in [2.75, 3.05) is 30.8 Å². The van der Waals surface area contributed by atoms with Crippen molar-refractivity contribution in [1.82, 2.24) is 30.0 Å². The number of para-hydroxylation sites is 1. The molecule has 0 bridgehead atoms. The van der Waals surface area contributed by atoms with Gasteiger partial charge in [-0.25, -0.2) is 9.78 Å². The number of anilines is 3. The fraction of sp³-hybridized carbons (Fsp3) is 0.235. The third-order valence-corrected chi connectivity index (χ3v) is 8.26. The van der Waals surface area contributed by atoms with Crippen LogP contribution in [0.3, 0.4) is 0 Å². The van der Waals surface area contributed by atoms with Gasteiger partial charge in [0, 0.05) is 43.0 Å². The molecule has 10 nitrogen and oxygen atoms in total. The Morgan fingerprint density at radius 1 is 0.977 bits per heavy atom. The van der Waals surface area contributed by atoms with Crippen LogP contribution in [0, 0.1) is 6.92 Å². The Kier molecular flexibility index (Phi) is 7.41. The summed E-state index contributed by atoms with van der Waals surface area (Å²) in [6.07, 6.45) is 3.57. The van der Waals surface area contributed by atoms with Gasteiger partial charge in [-0.1, -0.05) is 42.5 Å². The van der Waals surface area contributed by atoms with E-state index in [0.29, 0.717) is 11.4 Å². The van der Waals surface area contributed by atoms with Gasteiger partial charge in [-0.3, -0.25) is 9.47 Å². The van der Waals surface area contributed by atoms with Gasteiger partial charge >= 0.3 is 6.03 Å². The first-order chi connectivity index (χ1) is 21.6. The number of aromatic nitrogens is 4. The van der Waals surface area contributed by atoms with Crippen LogP contribution in [-0.4, -0.2) is 56.9 Å². The second-order valence-corrected chi connectivity index (χ2v) is 11.3. The van der Waals surface area contributed by atoms with Crippen molar-refractivity contribution in [2.24, 2.45) is 0 Å². The Bertz CT molecular complexity index is 1810. The number of nitrogens with zero attached hydrogens (tertiary/aromatic N) is 5. The van der Waals surface area contributed by atoms with Crippen LogP contribution in [0.5, 0.6) is 5.75 Å². The molecular weight excluding hydrogens is 552 g/mol. The Morgan fingerprint density at radius 2 is 1.77 bits per heavy atom. The van der Waals surface area contributed by atoms with E-state index in [-0.39, 0.29) is 12.1 Å². The van der Waals surface area contributed by atoms with Gasteiger partial charge in [-0.05, 0) is 67.3 Å². The molecule has 3 aromatic carbocycles. The zero-order chi connectivity index (χ0) is 30.0. The number of piperidine rings is 1. The highest BCUT2D eigenvalue weighted by Crippen LogP contribution is 2.39. The van der Waals surface area contributed by atoms with Crippen LogP contribution in [-0.2, 0) is 6.54 Å². The highest BCUT2D eigenvalue weighted by Gasteiger charge is 2.25. The number of fused-ring (bicyclic) bond motifs is 5. The third kappa shape index (κ3) is 5.47. The van der Waals surface area contributed by atoms with Crippen molar-refractivity contribution >= 4 is 23.2 Å². The number of pyridine rings is 1. The number of rotatable bonds is 6.